The first-order valence-electron chi connectivity index (χ1n) is 8.72. The van der Waals surface area contributed by atoms with Crippen LogP contribution in [-0.2, 0) is 13.1 Å². The molecule has 1 aromatic heterocycles. The highest BCUT2D eigenvalue weighted by atomic mass is 16.3. The number of carbonyl (C=O) groups is 1. The lowest BCUT2D eigenvalue weighted by molar-refractivity contribution is 0.0946. The summed E-state index contributed by atoms with van der Waals surface area (Å²) in [6.45, 7) is 3.63. The van der Waals surface area contributed by atoms with Crippen molar-refractivity contribution >= 4 is 5.91 Å². The van der Waals surface area contributed by atoms with Crippen molar-refractivity contribution in [3.05, 3.63) is 53.2 Å². The number of nitrogens with zero attached hydrogens (tertiary/aromatic N) is 2. The molecule has 24 heavy (non-hydrogen) atoms. The van der Waals surface area contributed by atoms with Crippen LogP contribution in [0.15, 0.2) is 34.9 Å². The van der Waals surface area contributed by atoms with Crippen molar-refractivity contribution in [2.75, 3.05) is 0 Å². The van der Waals surface area contributed by atoms with Crippen molar-refractivity contribution in [1.29, 1.82) is 0 Å². The number of benzene rings is 1. The fourth-order valence-corrected chi connectivity index (χ4v) is 2.83. The fourth-order valence-electron chi connectivity index (χ4n) is 2.83. The van der Waals surface area contributed by atoms with E-state index in [0.717, 1.165) is 19.4 Å². The molecule has 2 aliphatic carbocycles. The standard InChI is InChI=1S/C19H23N3O2/c1-13-2-4-14(5-3-13)10-22(16-8-9-16)11-18-21-17(12-24-18)19(23)20-15-6-7-15/h2-5,12,15-16H,6-11H2,1H3,(H,20,23). The van der Waals surface area contributed by atoms with E-state index in [1.54, 1.807) is 0 Å². The molecule has 5 heteroatoms. The Labute approximate surface area is 142 Å². The molecule has 0 unspecified atom stereocenters. The van der Waals surface area contributed by atoms with Gasteiger partial charge in [0.2, 0.25) is 5.89 Å². The molecular formula is C19H23N3O2. The molecule has 0 radical (unpaired) electrons. The molecule has 126 valence electrons. The lowest BCUT2D eigenvalue weighted by Gasteiger charge is -2.20. The Morgan fingerprint density at radius 2 is 1.96 bits per heavy atom. The quantitative estimate of drug-likeness (QED) is 0.850. The molecule has 0 bridgehead atoms. The van der Waals surface area contributed by atoms with Gasteiger partial charge in [-0.05, 0) is 38.2 Å². The Balaban J connectivity index is 1.40. The third-order valence-electron chi connectivity index (χ3n) is 4.60. The maximum atomic E-state index is 12.0. The molecule has 0 saturated heterocycles. The molecule has 1 aromatic carbocycles. The van der Waals surface area contributed by atoms with E-state index in [-0.39, 0.29) is 5.91 Å². The topological polar surface area (TPSA) is 58.4 Å². The SMILES string of the molecule is Cc1ccc(CN(Cc2nc(C(=O)NC3CC3)co2)C2CC2)cc1. The summed E-state index contributed by atoms with van der Waals surface area (Å²) >= 11 is 0. The molecule has 2 aliphatic rings. The van der Waals surface area contributed by atoms with Gasteiger partial charge in [-0.3, -0.25) is 9.69 Å². The third kappa shape index (κ3) is 3.85. The van der Waals surface area contributed by atoms with Crippen molar-refractivity contribution in [2.24, 2.45) is 0 Å². The van der Waals surface area contributed by atoms with E-state index >= 15 is 0 Å². The van der Waals surface area contributed by atoms with Gasteiger partial charge in [0.05, 0.1) is 6.54 Å². The Morgan fingerprint density at radius 1 is 1.21 bits per heavy atom. The normalized spacial score (nSPS) is 17.2. The number of nitrogens with one attached hydrogen (secondary N) is 1. The molecule has 1 amide bonds. The van der Waals surface area contributed by atoms with Crippen molar-refractivity contribution in [3.63, 3.8) is 0 Å². The minimum Gasteiger partial charge on any atom is -0.447 e. The first-order chi connectivity index (χ1) is 11.7. The maximum Gasteiger partial charge on any atom is 0.273 e. The third-order valence-corrected chi connectivity index (χ3v) is 4.60. The second-order valence-electron chi connectivity index (χ2n) is 7.00. The van der Waals surface area contributed by atoms with E-state index in [9.17, 15) is 4.79 Å². The molecule has 0 aliphatic heterocycles. The number of aryl methyl sites for hydroxylation is 1. The number of amides is 1. The van der Waals surface area contributed by atoms with Gasteiger partial charge in [-0.2, -0.15) is 0 Å². The molecule has 2 aromatic rings. The zero-order valence-corrected chi connectivity index (χ0v) is 14.0. The number of carbonyl (C=O) groups excluding carboxylic acids is 1. The zero-order valence-electron chi connectivity index (χ0n) is 14.0. The first kappa shape index (κ1) is 15.4. The van der Waals surface area contributed by atoms with E-state index in [1.165, 1.54) is 30.2 Å². The van der Waals surface area contributed by atoms with Crippen LogP contribution < -0.4 is 5.32 Å². The van der Waals surface area contributed by atoms with E-state index in [0.29, 0.717) is 30.2 Å². The van der Waals surface area contributed by atoms with Crippen LogP contribution >= 0.6 is 0 Å². The van der Waals surface area contributed by atoms with Gasteiger partial charge in [0.1, 0.15) is 6.26 Å². The fraction of sp³-hybridized carbons (Fsp3) is 0.474. The highest BCUT2D eigenvalue weighted by Gasteiger charge is 2.30. The van der Waals surface area contributed by atoms with Crippen LogP contribution in [0.25, 0.3) is 0 Å². The van der Waals surface area contributed by atoms with Gasteiger partial charge in [0.15, 0.2) is 5.69 Å². The summed E-state index contributed by atoms with van der Waals surface area (Å²) in [6, 6.07) is 9.57. The smallest absolute Gasteiger partial charge is 0.273 e. The van der Waals surface area contributed by atoms with Crippen LogP contribution in [-0.4, -0.2) is 27.9 Å². The number of rotatable bonds is 7. The maximum absolute atomic E-state index is 12.0. The molecule has 1 heterocycles. The van der Waals surface area contributed by atoms with Crippen LogP contribution in [0.3, 0.4) is 0 Å². The average Bonchev–Trinajstić information content (AvgIpc) is 3.49. The lowest BCUT2D eigenvalue weighted by atomic mass is 10.1. The van der Waals surface area contributed by atoms with E-state index in [4.69, 9.17) is 4.42 Å². The molecule has 5 nitrogen and oxygen atoms in total. The summed E-state index contributed by atoms with van der Waals surface area (Å²) in [5.74, 6) is 0.499. The Bertz CT molecular complexity index is 714. The van der Waals surface area contributed by atoms with Crippen LogP contribution in [0.2, 0.25) is 0 Å². The lowest BCUT2D eigenvalue weighted by Crippen LogP contribution is -2.26. The molecule has 1 N–H and O–H groups in total. The predicted molar refractivity (Wildman–Crippen MR) is 90.4 cm³/mol. The number of oxazole rings is 1. The highest BCUT2D eigenvalue weighted by Crippen LogP contribution is 2.30. The minimum absolute atomic E-state index is 0.121. The zero-order chi connectivity index (χ0) is 16.5. The predicted octanol–water partition coefficient (Wildman–Crippen LogP) is 3.04. The number of hydrogen-bond acceptors (Lipinski definition) is 4. The van der Waals surface area contributed by atoms with Gasteiger partial charge in [-0.25, -0.2) is 4.98 Å². The molecular weight excluding hydrogens is 302 g/mol. The minimum atomic E-state index is -0.121. The average molecular weight is 325 g/mol. The van der Waals surface area contributed by atoms with Crippen molar-refractivity contribution in [3.8, 4) is 0 Å². The number of aromatic nitrogens is 1. The van der Waals surface area contributed by atoms with Crippen molar-refractivity contribution in [1.82, 2.24) is 15.2 Å². The Morgan fingerprint density at radius 3 is 2.62 bits per heavy atom. The molecule has 2 saturated carbocycles. The second-order valence-corrected chi connectivity index (χ2v) is 7.00. The van der Waals surface area contributed by atoms with Crippen LogP contribution in [0.1, 0.15) is 53.2 Å². The highest BCUT2D eigenvalue weighted by molar-refractivity contribution is 5.92. The molecule has 0 atom stereocenters. The summed E-state index contributed by atoms with van der Waals surface area (Å²) < 4.78 is 5.54. The Kier molecular flexibility index (Phi) is 4.10. The summed E-state index contributed by atoms with van der Waals surface area (Å²) in [5.41, 5.74) is 2.96. The molecule has 0 spiro atoms. The summed E-state index contributed by atoms with van der Waals surface area (Å²) in [4.78, 5) is 18.8. The molecule has 2 fully saturated rings. The summed E-state index contributed by atoms with van der Waals surface area (Å²) in [6.07, 6.45) is 6.07. The Hall–Kier alpha value is -2.14. The summed E-state index contributed by atoms with van der Waals surface area (Å²) in [5, 5.41) is 2.94. The van der Waals surface area contributed by atoms with Gasteiger partial charge in [-0.15, -0.1) is 0 Å². The second kappa shape index (κ2) is 6.40. The van der Waals surface area contributed by atoms with Crippen LogP contribution in [0.4, 0.5) is 0 Å². The molecule has 4 rings (SSSR count). The van der Waals surface area contributed by atoms with Gasteiger partial charge in [-0.1, -0.05) is 29.8 Å². The van der Waals surface area contributed by atoms with Crippen molar-refractivity contribution in [2.45, 2.75) is 57.8 Å². The number of hydrogen-bond donors (Lipinski definition) is 1. The van der Waals surface area contributed by atoms with Crippen LogP contribution in [0.5, 0.6) is 0 Å². The first-order valence-corrected chi connectivity index (χ1v) is 8.72. The van der Waals surface area contributed by atoms with E-state index < -0.39 is 0 Å². The van der Waals surface area contributed by atoms with Gasteiger partial charge in [0, 0.05) is 18.6 Å². The van der Waals surface area contributed by atoms with Gasteiger partial charge in [0.25, 0.3) is 5.91 Å². The monoisotopic (exact) mass is 325 g/mol. The van der Waals surface area contributed by atoms with Gasteiger partial charge >= 0.3 is 0 Å². The van der Waals surface area contributed by atoms with E-state index in [2.05, 4.69) is 46.4 Å². The van der Waals surface area contributed by atoms with Gasteiger partial charge < -0.3 is 9.73 Å². The van der Waals surface area contributed by atoms with Crippen molar-refractivity contribution < 1.29 is 9.21 Å². The van der Waals surface area contributed by atoms with Crippen LogP contribution in [0, 0.1) is 6.92 Å². The summed E-state index contributed by atoms with van der Waals surface area (Å²) in [7, 11) is 0. The largest absolute Gasteiger partial charge is 0.447 e. The van der Waals surface area contributed by atoms with E-state index in [1.807, 2.05) is 0 Å².